The van der Waals surface area contributed by atoms with Gasteiger partial charge in [-0.05, 0) is 63.8 Å². The molecule has 1 atom stereocenters. The molecule has 0 saturated carbocycles. The van der Waals surface area contributed by atoms with Crippen LogP contribution in [0.5, 0.6) is 0 Å². The molecule has 1 unspecified atom stereocenters. The van der Waals surface area contributed by atoms with Crippen LogP contribution in [0.1, 0.15) is 39.5 Å². The average Bonchev–Trinajstić information content (AvgIpc) is 3.08. The van der Waals surface area contributed by atoms with Gasteiger partial charge in [-0.1, -0.05) is 0 Å². The lowest BCUT2D eigenvalue weighted by atomic mass is 9.86. The van der Waals surface area contributed by atoms with Crippen molar-refractivity contribution in [3.8, 4) is 0 Å². The van der Waals surface area contributed by atoms with E-state index >= 15 is 0 Å². The fourth-order valence-corrected chi connectivity index (χ4v) is 6.38. The van der Waals surface area contributed by atoms with E-state index in [9.17, 15) is 18.0 Å². The lowest BCUT2D eigenvalue weighted by molar-refractivity contribution is -0.146. The summed E-state index contributed by atoms with van der Waals surface area (Å²) in [5.41, 5.74) is -1.13. The summed E-state index contributed by atoms with van der Waals surface area (Å²) in [5.74, 6) is -0.0818. The zero-order chi connectivity index (χ0) is 20.1. The predicted octanol–water partition coefficient (Wildman–Crippen LogP) is 2.35. The van der Waals surface area contributed by atoms with Crippen molar-refractivity contribution in [3.63, 3.8) is 0 Å². The number of benzene rings is 1. The zero-order valence-corrected chi connectivity index (χ0v) is 16.9. The number of hydrogen-bond acceptors (Lipinski definition) is 5. The molecule has 1 spiro atoms. The molecule has 28 heavy (non-hydrogen) atoms. The van der Waals surface area contributed by atoms with Gasteiger partial charge in [0.2, 0.25) is 15.9 Å². The first-order chi connectivity index (χ1) is 13.3. The number of hydrogen-bond donors (Lipinski definition) is 0. The number of amides is 1. The van der Waals surface area contributed by atoms with Gasteiger partial charge >= 0.3 is 5.63 Å². The van der Waals surface area contributed by atoms with Gasteiger partial charge in [0, 0.05) is 30.6 Å². The first-order valence-electron chi connectivity index (χ1n) is 9.63. The number of carbonyl (C=O) groups excluding carboxylic acids is 1. The summed E-state index contributed by atoms with van der Waals surface area (Å²) in [4.78, 5) is 26.6. The van der Waals surface area contributed by atoms with Gasteiger partial charge in [-0.2, -0.15) is 4.31 Å². The third-order valence-electron chi connectivity index (χ3n) is 5.88. The average molecular weight is 404 g/mol. The summed E-state index contributed by atoms with van der Waals surface area (Å²) in [5, 5.41) is 0.535. The molecule has 7 nitrogen and oxygen atoms in total. The van der Waals surface area contributed by atoms with E-state index < -0.39 is 21.2 Å². The Morgan fingerprint density at radius 2 is 1.75 bits per heavy atom. The van der Waals surface area contributed by atoms with Crippen molar-refractivity contribution in [2.24, 2.45) is 0 Å². The van der Waals surface area contributed by atoms with Gasteiger partial charge < -0.3 is 9.32 Å². The molecule has 2 aliphatic rings. The molecule has 3 heterocycles. The Hall–Kier alpha value is -2.19. The molecule has 0 radical (unpaired) electrons. The van der Waals surface area contributed by atoms with Crippen molar-refractivity contribution in [3.05, 3.63) is 40.8 Å². The van der Waals surface area contributed by atoms with Crippen molar-refractivity contribution in [2.45, 2.75) is 56.0 Å². The van der Waals surface area contributed by atoms with E-state index in [0.29, 0.717) is 43.3 Å². The third kappa shape index (κ3) is 2.86. The van der Waals surface area contributed by atoms with Crippen LogP contribution in [0.2, 0.25) is 0 Å². The largest absolute Gasteiger partial charge is 0.423 e. The Morgan fingerprint density at radius 1 is 1.04 bits per heavy atom. The summed E-state index contributed by atoms with van der Waals surface area (Å²) in [6.07, 6.45) is 2.56. The minimum atomic E-state index is -3.86. The molecule has 2 aromatic rings. The maximum absolute atomic E-state index is 13.5. The first kappa shape index (κ1) is 19.1. The Balaban J connectivity index is 1.77. The minimum Gasteiger partial charge on any atom is -0.423 e. The summed E-state index contributed by atoms with van der Waals surface area (Å²) >= 11 is 0. The van der Waals surface area contributed by atoms with E-state index in [-0.39, 0.29) is 16.8 Å². The summed E-state index contributed by atoms with van der Waals surface area (Å²) < 4.78 is 33.5. The van der Waals surface area contributed by atoms with Crippen molar-refractivity contribution in [1.29, 1.82) is 0 Å². The zero-order valence-electron chi connectivity index (χ0n) is 16.1. The maximum Gasteiger partial charge on any atom is 0.336 e. The predicted molar refractivity (Wildman–Crippen MR) is 104 cm³/mol. The van der Waals surface area contributed by atoms with Gasteiger partial charge in [0.25, 0.3) is 0 Å². The molecule has 4 rings (SSSR count). The summed E-state index contributed by atoms with van der Waals surface area (Å²) in [6, 6.07) is 7.30. The standard InChI is InChI=1S/C20H24N2O5S/c1-14(2)21-11-3-9-20(19(21)24)10-4-12-22(20)28(25,26)16-6-7-17-15(13-16)5-8-18(23)27-17/h5-8,13-14H,3-4,9-12H2,1-2H3. The molecule has 0 bridgehead atoms. The number of fused-ring (bicyclic) bond motifs is 1. The SMILES string of the molecule is CC(C)N1CCCC2(CCCN2S(=O)(=O)c2ccc3oc(=O)ccc3c2)C1=O. The van der Waals surface area contributed by atoms with Crippen molar-refractivity contribution < 1.29 is 17.6 Å². The van der Waals surface area contributed by atoms with Gasteiger partial charge in [-0.15, -0.1) is 0 Å². The van der Waals surface area contributed by atoms with Crippen LogP contribution < -0.4 is 5.63 Å². The normalized spacial score (nSPS) is 24.0. The number of sulfonamides is 1. The van der Waals surface area contributed by atoms with E-state index in [2.05, 4.69) is 0 Å². The van der Waals surface area contributed by atoms with Crippen LogP contribution in [0.3, 0.4) is 0 Å². The van der Waals surface area contributed by atoms with E-state index in [0.717, 1.165) is 6.42 Å². The number of nitrogens with zero attached hydrogens (tertiary/aromatic N) is 2. The van der Waals surface area contributed by atoms with Gasteiger partial charge in [-0.25, -0.2) is 13.2 Å². The highest BCUT2D eigenvalue weighted by molar-refractivity contribution is 7.89. The second-order valence-electron chi connectivity index (χ2n) is 7.86. The topological polar surface area (TPSA) is 87.9 Å². The molecule has 2 aliphatic heterocycles. The molecule has 1 aromatic heterocycles. The molecule has 2 fully saturated rings. The number of rotatable bonds is 3. The van der Waals surface area contributed by atoms with Gasteiger partial charge in [0.1, 0.15) is 11.1 Å². The van der Waals surface area contributed by atoms with Crippen molar-refractivity contribution in [1.82, 2.24) is 9.21 Å². The maximum atomic E-state index is 13.5. The van der Waals surface area contributed by atoms with E-state index in [1.165, 1.54) is 28.6 Å². The smallest absolute Gasteiger partial charge is 0.336 e. The molecule has 1 amide bonds. The van der Waals surface area contributed by atoms with Crippen LogP contribution in [0.15, 0.2) is 44.4 Å². The van der Waals surface area contributed by atoms with Crippen LogP contribution >= 0.6 is 0 Å². The minimum absolute atomic E-state index is 0.0402. The molecular weight excluding hydrogens is 380 g/mol. The Labute approximate surface area is 164 Å². The van der Waals surface area contributed by atoms with Crippen LogP contribution in [0, 0.1) is 0 Å². The highest BCUT2D eigenvalue weighted by Crippen LogP contribution is 2.42. The first-order valence-corrected chi connectivity index (χ1v) is 11.1. The Kier molecular flexibility index (Phi) is 4.58. The molecule has 0 N–H and O–H groups in total. The van der Waals surface area contributed by atoms with Crippen molar-refractivity contribution >= 4 is 26.9 Å². The fraction of sp³-hybridized carbons (Fsp3) is 0.500. The quantitative estimate of drug-likeness (QED) is 0.733. The fourth-order valence-electron chi connectivity index (χ4n) is 4.52. The van der Waals surface area contributed by atoms with Crippen LogP contribution in [0.4, 0.5) is 0 Å². The second kappa shape index (κ2) is 6.70. The lowest BCUT2D eigenvalue weighted by Crippen LogP contribution is -2.62. The highest BCUT2D eigenvalue weighted by Gasteiger charge is 2.55. The van der Waals surface area contributed by atoms with E-state index in [1.807, 2.05) is 13.8 Å². The molecular formula is C20H24N2O5S. The number of piperidine rings is 1. The molecule has 0 aliphatic carbocycles. The van der Waals surface area contributed by atoms with Gasteiger partial charge in [0.05, 0.1) is 4.90 Å². The summed E-state index contributed by atoms with van der Waals surface area (Å²) in [7, 11) is -3.86. The molecule has 2 saturated heterocycles. The van der Waals surface area contributed by atoms with Crippen LogP contribution in [0.25, 0.3) is 11.0 Å². The molecule has 8 heteroatoms. The van der Waals surface area contributed by atoms with E-state index in [4.69, 9.17) is 4.42 Å². The third-order valence-corrected chi connectivity index (χ3v) is 7.84. The van der Waals surface area contributed by atoms with Gasteiger partial charge in [-0.3, -0.25) is 4.79 Å². The Morgan fingerprint density at radius 3 is 2.46 bits per heavy atom. The highest BCUT2D eigenvalue weighted by atomic mass is 32.2. The lowest BCUT2D eigenvalue weighted by Gasteiger charge is -2.45. The second-order valence-corrected chi connectivity index (χ2v) is 9.72. The van der Waals surface area contributed by atoms with Gasteiger partial charge in [0.15, 0.2) is 0 Å². The van der Waals surface area contributed by atoms with E-state index in [1.54, 1.807) is 11.0 Å². The van der Waals surface area contributed by atoms with Crippen molar-refractivity contribution in [2.75, 3.05) is 13.1 Å². The number of likely N-dealkylation sites (tertiary alicyclic amines) is 1. The monoisotopic (exact) mass is 404 g/mol. The molecule has 1 aromatic carbocycles. The Bertz CT molecular complexity index is 1090. The summed E-state index contributed by atoms with van der Waals surface area (Å²) in [6.45, 7) is 4.92. The number of carbonyl (C=O) groups is 1. The van der Waals surface area contributed by atoms with Crippen LogP contribution in [-0.2, 0) is 14.8 Å². The van der Waals surface area contributed by atoms with Crippen LogP contribution in [-0.4, -0.2) is 48.2 Å². The molecule has 150 valence electrons.